The van der Waals surface area contributed by atoms with Crippen LogP contribution in [-0.2, 0) is 0 Å². The molecule has 0 spiro atoms. The van der Waals surface area contributed by atoms with E-state index in [2.05, 4.69) is 66.3 Å². The third kappa shape index (κ3) is 2.50. The van der Waals surface area contributed by atoms with Gasteiger partial charge in [-0.2, -0.15) is 0 Å². The molecule has 1 aliphatic carbocycles. The lowest BCUT2D eigenvalue weighted by atomic mass is 9.88. The van der Waals surface area contributed by atoms with Crippen molar-refractivity contribution in [2.24, 2.45) is 0 Å². The third-order valence-corrected chi connectivity index (χ3v) is 3.82. The highest BCUT2D eigenvalue weighted by molar-refractivity contribution is 5.96. The lowest BCUT2D eigenvalue weighted by molar-refractivity contribution is 0.605. The maximum Gasteiger partial charge on any atom is 0.0734 e. The first-order chi connectivity index (χ1) is 10.3. The summed E-state index contributed by atoms with van der Waals surface area (Å²) in [6.45, 7) is 9.13. The zero-order valence-corrected chi connectivity index (χ0v) is 12.1. The van der Waals surface area contributed by atoms with Crippen LogP contribution in [0, 0.1) is 0 Å². The number of benzene rings is 2. The van der Waals surface area contributed by atoms with Crippen molar-refractivity contribution in [3.8, 4) is 0 Å². The fourth-order valence-electron chi connectivity index (χ4n) is 2.94. The van der Waals surface area contributed by atoms with Gasteiger partial charge in [-0.3, -0.25) is 0 Å². The molecule has 2 N–H and O–H groups in total. The molecule has 0 fully saturated rings. The lowest BCUT2D eigenvalue weighted by Gasteiger charge is -2.28. The highest BCUT2D eigenvalue weighted by Gasteiger charge is 2.23. The third-order valence-electron chi connectivity index (χ3n) is 3.82. The standard InChI is InChI=1S/C19H20N2/c1-3-11-20-17-13-15-9-5-7-14-8-6-10-16(18(14)15)19(17)21-12-4-2/h3-10,13,19-21H,1-2,11-12H2. The predicted molar refractivity (Wildman–Crippen MR) is 91.1 cm³/mol. The van der Waals surface area contributed by atoms with Crippen LogP contribution in [0.4, 0.5) is 0 Å². The van der Waals surface area contributed by atoms with Crippen LogP contribution < -0.4 is 10.6 Å². The fraction of sp³-hybridized carbons (Fsp3) is 0.158. The van der Waals surface area contributed by atoms with Crippen LogP contribution >= 0.6 is 0 Å². The maximum absolute atomic E-state index is 3.81. The Morgan fingerprint density at radius 1 is 1.00 bits per heavy atom. The molecule has 0 amide bonds. The molecule has 106 valence electrons. The summed E-state index contributed by atoms with van der Waals surface area (Å²) in [6, 6.07) is 13.1. The van der Waals surface area contributed by atoms with Gasteiger partial charge in [-0.25, -0.2) is 0 Å². The Labute approximate surface area is 125 Å². The molecule has 0 radical (unpaired) electrons. The zero-order valence-electron chi connectivity index (χ0n) is 12.1. The molecule has 2 nitrogen and oxygen atoms in total. The van der Waals surface area contributed by atoms with E-state index in [0.717, 1.165) is 13.1 Å². The van der Waals surface area contributed by atoms with Gasteiger partial charge in [0.15, 0.2) is 0 Å². The second-order valence-electron chi connectivity index (χ2n) is 5.19. The summed E-state index contributed by atoms with van der Waals surface area (Å²) in [5, 5.41) is 9.63. The molecular formula is C19H20N2. The quantitative estimate of drug-likeness (QED) is 0.784. The fourth-order valence-corrected chi connectivity index (χ4v) is 2.94. The molecule has 0 aliphatic heterocycles. The van der Waals surface area contributed by atoms with Crippen LogP contribution in [0.3, 0.4) is 0 Å². The molecule has 1 atom stereocenters. The smallest absolute Gasteiger partial charge is 0.0734 e. The lowest BCUT2D eigenvalue weighted by Crippen LogP contribution is -2.31. The molecule has 0 bridgehead atoms. The van der Waals surface area contributed by atoms with Crippen LogP contribution in [0.2, 0.25) is 0 Å². The topological polar surface area (TPSA) is 24.1 Å². The molecule has 1 aliphatic rings. The van der Waals surface area contributed by atoms with Crippen molar-refractivity contribution in [2.75, 3.05) is 13.1 Å². The summed E-state index contributed by atoms with van der Waals surface area (Å²) in [7, 11) is 0. The van der Waals surface area contributed by atoms with Gasteiger partial charge in [-0.05, 0) is 28.0 Å². The second-order valence-corrected chi connectivity index (χ2v) is 5.19. The van der Waals surface area contributed by atoms with Gasteiger partial charge in [-0.1, -0.05) is 48.6 Å². The highest BCUT2D eigenvalue weighted by Crippen LogP contribution is 2.36. The Hall–Kier alpha value is -2.32. The first-order valence-electron chi connectivity index (χ1n) is 7.27. The molecule has 0 saturated heterocycles. The van der Waals surface area contributed by atoms with Gasteiger partial charge in [0.2, 0.25) is 0 Å². The maximum atomic E-state index is 3.81. The van der Waals surface area contributed by atoms with Crippen LogP contribution in [0.25, 0.3) is 16.8 Å². The van der Waals surface area contributed by atoms with E-state index < -0.39 is 0 Å². The van der Waals surface area contributed by atoms with Crippen molar-refractivity contribution < 1.29 is 0 Å². The van der Waals surface area contributed by atoms with Crippen LogP contribution in [-0.4, -0.2) is 13.1 Å². The first-order valence-corrected chi connectivity index (χ1v) is 7.27. The Balaban J connectivity index is 2.12. The van der Waals surface area contributed by atoms with Crippen molar-refractivity contribution in [1.82, 2.24) is 10.6 Å². The molecule has 2 heteroatoms. The number of hydrogen-bond donors (Lipinski definition) is 2. The van der Waals surface area contributed by atoms with Gasteiger partial charge in [0.1, 0.15) is 0 Å². The Morgan fingerprint density at radius 3 is 2.52 bits per heavy atom. The minimum Gasteiger partial charge on any atom is -0.383 e. The molecule has 0 aromatic heterocycles. The Kier molecular flexibility index (Phi) is 3.89. The molecule has 0 saturated carbocycles. The van der Waals surface area contributed by atoms with E-state index in [9.17, 15) is 0 Å². The number of nitrogens with one attached hydrogen (secondary N) is 2. The van der Waals surface area contributed by atoms with E-state index in [1.165, 1.54) is 27.6 Å². The van der Waals surface area contributed by atoms with E-state index in [0.29, 0.717) is 0 Å². The second kappa shape index (κ2) is 5.98. The average Bonchev–Trinajstić information content (AvgIpc) is 2.52. The van der Waals surface area contributed by atoms with E-state index in [4.69, 9.17) is 0 Å². The predicted octanol–water partition coefficient (Wildman–Crippen LogP) is 3.79. The van der Waals surface area contributed by atoms with Gasteiger partial charge in [0, 0.05) is 18.8 Å². The summed E-state index contributed by atoms with van der Waals surface area (Å²) in [4.78, 5) is 0. The Bertz CT molecular complexity index is 707. The van der Waals surface area contributed by atoms with Gasteiger partial charge < -0.3 is 10.6 Å². The molecule has 3 rings (SSSR count). The van der Waals surface area contributed by atoms with E-state index in [1.807, 2.05) is 12.2 Å². The number of hydrogen-bond acceptors (Lipinski definition) is 2. The summed E-state index contributed by atoms with van der Waals surface area (Å²) in [5.41, 5.74) is 3.77. The van der Waals surface area contributed by atoms with Gasteiger partial charge in [-0.15, -0.1) is 13.2 Å². The van der Waals surface area contributed by atoms with Gasteiger partial charge in [0.05, 0.1) is 6.04 Å². The molecular weight excluding hydrogens is 256 g/mol. The summed E-state index contributed by atoms with van der Waals surface area (Å²) < 4.78 is 0. The molecule has 1 unspecified atom stereocenters. The molecule has 21 heavy (non-hydrogen) atoms. The normalized spacial score (nSPS) is 16.4. The first kappa shape index (κ1) is 13.7. The van der Waals surface area contributed by atoms with Crippen molar-refractivity contribution in [1.29, 1.82) is 0 Å². The van der Waals surface area contributed by atoms with E-state index in [-0.39, 0.29) is 6.04 Å². The Morgan fingerprint density at radius 2 is 1.76 bits per heavy atom. The highest BCUT2D eigenvalue weighted by atomic mass is 15.0. The monoisotopic (exact) mass is 276 g/mol. The molecule has 2 aromatic carbocycles. The summed E-state index contributed by atoms with van der Waals surface area (Å²) in [6.07, 6.45) is 6.01. The van der Waals surface area contributed by atoms with Crippen molar-refractivity contribution >= 4 is 16.8 Å². The average molecular weight is 276 g/mol. The van der Waals surface area contributed by atoms with E-state index >= 15 is 0 Å². The number of rotatable bonds is 6. The minimum atomic E-state index is 0.168. The van der Waals surface area contributed by atoms with Crippen molar-refractivity contribution in [3.63, 3.8) is 0 Å². The van der Waals surface area contributed by atoms with Crippen molar-refractivity contribution in [2.45, 2.75) is 6.04 Å². The largest absolute Gasteiger partial charge is 0.383 e. The van der Waals surface area contributed by atoms with Crippen molar-refractivity contribution in [3.05, 3.63) is 78.5 Å². The minimum absolute atomic E-state index is 0.168. The van der Waals surface area contributed by atoms with Crippen LogP contribution in [0.15, 0.2) is 67.4 Å². The SMILES string of the molecule is C=CCNC1=Cc2cccc3cccc(c23)C1NCC=C. The van der Waals surface area contributed by atoms with Crippen LogP contribution in [0.1, 0.15) is 17.2 Å². The summed E-state index contributed by atoms with van der Waals surface area (Å²) >= 11 is 0. The molecule has 0 heterocycles. The molecule has 2 aromatic rings. The van der Waals surface area contributed by atoms with Gasteiger partial charge >= 0.3 is 0 Å². The van der Waals surface area contributed by atoms with Crippen LogP contribution in [0.5, 0.6) is 0 Å². The van der Waals surface area contributed by atoms with E-state index in [1.54, 1.807) is 0 Å². The van der Waals surface area contributed by atoms with Gasteiger partial charge in [0.25, 0.3) is 0 Å². The zero-order chi connectivity index (χ0) is 14.7. The summed E-state index contributed by atoms with van der Waals surface area (Å²) in [5.74, 6) is 0.